The Kier molecular flexibility index (Phi) is 5.67. The highest BCUT2D eigenvalue weighted by molar-refractivity contribution is 7.91. The van der Waals surface area contributed by atoms with Gasteiger partial charge in [0.25, 0.3) is 0 Å². The Morgan fingerprint density at radius 3 is 2.66 bits per heavy atom. The lowest BCUT2D eigenvalue weighted by Crippen LogP contribution is -2.25. The summed E-state index contributed by atoms with van der Waals surface area (Å²) in [5, 5.41) is 0. The van der Waals surface area contributed by atoms with Crippen molar-refractivity contribution in [2.24, 2.45) is 4.40 Å². The molecule has 1 aliphatic rings. The van der Waals surface area contributed by atoms with Crippen molar-refractivity contribution in [1.82, 2.24) is 19.5 Å². The van der Waals surface area contributed by atoms with Gasteiger partial charge < -0.3 is 9.29 Å². The van der Waals surface area contributed by atoms with Crippen molar-refractivity contribution in [1.29, 1.82) is 0 Å². The van der Waals surface area contributed by atoms with Gasteiger partial charge in [-0.2, -0.15) is 0 Å². The van der Waals surface area contributed by atoms with Crippen LogP contribution in [0.1, 0.15) is 51.8 Å². The molecule has 0 saturated carbocycles. The topological polar surface area (TPSA) is 88.3 Å². The second kappa shape index (κ2) is 8.22. The van der Waals surface area contributed by atoms with E-state index in [4.69, 9.17) is 4.74 Å². The van der Waals surface area contributed by atoms with Crippen molar-refractivity contribution in [3.8, 4) is 11.3 Å². The molecule has 0 amide bonds. The number of imidazole rings is 1. The van der Waals surface area contributed by atoms with Crippen LogP contribution in [0.4, 0.5) is 0 Å². The predicted octanol–water partition coefficient (Wildman–Crippen LogP) is 4.07. The van der Waals surface area contributed by atoms with Crippen LogP contribution in [0, 0.1) is 0 Å². The molecule has 0 bridgehead atoms. The summed E-state index contributed by atoms with van der Waals surface area (Å²) in [7, 11) is 0. The summed E-state index contributed by atoms with van der Waals surface area (Å²) in [6, 6.07) is 7.82. The zero-order chi connectivity index (χ0) is 20.4. The lowest BCUT2D eigenvalue weighted by molar-refractivity contribution is -0.0298. The number of hydrogen-bond acceptors (Lipinski definition) is 6. The van der Waals surface area contributed by atoms with Gasteiger partial charge in [-0.05, 0) is 45.6 Å². The number of hydrogen-bond donors (Lipinski definition) is 0. The molecule has 0 spiro atoms. The highest BCUT2D eigenvalue weighted by Crippen LogP contribution is 2.29. The smallest absolute Gasteiger partial charge is 0.165 e. The second-order valence-corrected chi connectivity index (χ2v) is 10.0. The third-order valence-electron chi connectivity index (χ3n) is 4.83. The average molecular weight is 412 g/mol. The van der Waals surface area contributed by atoms with E-state index in [-0.39, 0.29) is 11.0 Å². The molecule has 4 rings (SSSR count). The number of rotatable bonds is 4. The third kappa shape index (κ3) is 4.34. The molecule has 3 aromatic rings. The quantitative estimate of drug-likeness (QED) is 0.477. The monoisotopic (exact) mass is 411 g/mol. The van der Waals surface area contributed by atoms with E-state index in [1.165, 1.54) is 0 Å². The summed E-state index contributed by atoms with van der Waals surface area (Å²) in [6.07, 6.45) is 8.21. The number of fused-ring (bicyclic) bond motifs is 1. The largest absolute Gasteiger partial charge is 0.591 e. The van der Waals surface area contributed by atoms with Gasteiger partial charge in [0, 0.05) is 12.2 Å². The maximum atomic E-state index is 12.1. The molecule has 152 valence electrons. The lowest BCUT2D eigenvalue weighted by atomic mass is 10.1. The molecule has 1 aliphatic heterocycles. The van der Waals surface area contributed by atoms with Gasteiger partial charge in [0.2, 0.25) is 0 Å². The van der Waals surface area contributed by atoms with Gasteiger partial charge in [0.05, 0.1) is 12.5 Å². The lowest BCUT2D eigenvalue weighted by Gasteiger charge is -2.23. The van der Waals surface area contributed by atoms with Crippen molar-refractivity contribution < 1.29 is 9.29 Å². The molecule has 2 atom stereocenters. The first-order valence-electron chi connectivity index (χ1n) is 9.79. The van der Waals surface area contributed by atoms with Crippen molar-refractivity contribution in [2.75, 3.05) is 6.61 Å². The molecule has 1 fully saturated rings. The van der Waals surface area contributed by atoms with Gasteiger partial charge in [-0.25, -0.2) is 15.0 Å². The molecule has 8 heteroatoms. The van der Waals surface area contributed by atoms with E-state index in [1.807, 2.05) is 49.6 Å². The minimum absolute atomic E-state index is 0.0150. The summed E-state index contributed by atoms with van der Waals surface area (Å²) in [4.78, 5) is 13.5. The number of nitrogens with zero attached hydrogens (tertiary/aromatic N) is 5. The van der Waals surface area contributed by atoms with Crippen molar-refractivity contribution in [3.05, 3.63) is 42.5 Å². The van der Waals surface area contributed by atoms with Crippen LogP contribution < -0.4 is 0 Å². The highest BCUT2D eigenvalue weighted by Gasteiger charge is 2.25. The minimum Gasteiger partial charge on any atom is -0.591 e. The zero-order valence-electron chi connectivity index (χ0n) is 16.9. The molecular weight excluding hydrogens is 386 g/mol. The number of benzene rings is 1. The molecular formula is C21H25N5O2S. The van der Waals surface area contributed by atoms with Crippen LogP contribution in [0.3, 0.4) is 0 Å². The first-order chi connectivity index (χ1) is 13.9. The molecule has 0 N–H and O–H groups in total. The molecule has 1 aromatic carbocycles. The zero-order valence-corrected chi connectivity index (χ0v) is 17.7. The molecule has 0 radical (unpaired) electrons. The fourth-order valence-corrected chi connectivity index (χ4v) is 3.74. The maximum absolute atomic E-state index is 12.1. The second-order valence-electron chi connectivity index (χ2n) is 8.09. The van der Waals surface area contributed by atoms with Crippen LogP contribution in [0.15, 0.2) is 41.3 Å². The van der Waals surface area contributed by atoms with Crippen molar-refractivity contribution in [3.63, 3.8) is 0 Å². The van der Waals surface area contributed by atoms with Crippen LogP contribution in [0.2, 0.25) is 0 Å². The number of ether oxygens (including phenoxy) is 1. The molecule has 2 unspecified atom stereocenters. The number of aromatic nitrogens is 4. The molecule has 1 saturated heterocycles. The summed E-state index contributed by atoms with van der Waals surface area (Å²) in [6.45, 7) is 6.48. The van der Waals surface area contributed by atoms with Crippen molar-refractivity contribution in [2.45, 2.75) is 51.0 Å². The van der Waals surface area contributed by atoms with E-state index < -0.39 is 11.4 Å². The molecule has 29 heavy (non-hydrogen) atoms. The Morgan fingerprint density at radius 1 is 1.17 bits per heavy atom. The highest BCUT2D eigenvalue weighted by atomic mass is 32.2. The minimum atomic E-state index is -1.27. The maximum Gasteiger partial charge on any atom is 0.165 e. The van der Waals surface area contributed by atoms with Gasteiger partial charge in [-0.15, -0.1) is 0 Å². The van der Waals surface area contributed by atoms with Gasteiger partial charge in [-0.3, -0.25) is 4.57 Å². The van der Waals surface area contributed by atoms with Gasteiger partial charge in [0.1, 0.15) is 39.9 Å². The molecule has 7 nitrogen and oxygen atoms in total. The van der Waals surface area contributed by atoms with Gasteiger partial charge in [0.15, 0.2) is 5.65 Å². The van der Waals surface area contributed by atoms with Crippen molar-refractivity contribution >= 4 is 28.7 Å². The van der Waals surface area contributed by atoms with E-state index in [9.17, 15) is 4.55 Å². The van der Waals surface area contributed by atoms with Crippen LogP contribution in [-0.2, 0) is 16.1 Å². The van der Waals surface area contributed by atoms with E-state index in [0.29, 0.717) is 0 Å². The van der Waals surface area contributed by atoms with Crippen LogP contribution >= 0.6 is 0 Å². The Labute approximate surface area is 173 Å². The normalized spacial score (nSPS) is 19.1. The van der Waals surface area contributed by atoms with E-state index >= 15 is 0 Å². The van der Waals surface area contributed by atoms with Gasteiger partial charge >= 0.3 is 0 Å². The summed E-state index contributed by atoms with van der Waals surface area (Å²) in [5.74, 6) is 0. The Bertz CT molecular complexity index is 1000. The fourth-order valence-electron chi connectivity index (χ4n) is 3.21. The Morgan fingerprint density at radius 2 is 1.97 bits per heavy atom. The van der Waals surface area contributed by atoms with E-state index in [0.717, 1.165) is 53.9 Å². The average Bonchev–Trinajstić information content (AvgIpc) is 3.16. The first kappa shape index (κ1) is 20.0. The predicted molar refractivity (Wildman–Crippen MR) is 115 cm³/mol. The summed E-state index contributed by atoms with van der Waals surface area (Å²) in [5.41, 5.74) is 4.16. The summed E-state index contributed by atoms with van der Waals surface area (Å²) < 4.78 is 23.8. The van der Waals surface area contributed by atoms with Crippen LogP contribution in [0.5, 0.6) is 0 Å². The van der Waals surface area contributed by atoms with Gasteiger partial charge in [-0.1, -0.05) is 28.7 Å². The Balaban J connectivity index is 1.60. The third-order valence-corrected chi connectivity index (χ3v) is 6.17. The molecule has 2 aromatic heterocycles. The first-order valence-corrected chi connectivity index (χ1v) is 10.9. The molecule has 0 aliphatic carbocycles. The van der Waals surface area contributed by atoms with Crippen LogP contribution in [-0.4, -0.2) is 41.6 Å². The van der Waals surface area contributed by atoms with E-state index in [1.54, 1.807) is 18.9 Å². The fraction of sp³-hybridized carbons (Fsp3) is 0.429. The SMILES string of the molecule is CC(C)(C)[S+]([O-])N=Cc1ccc(-c2ncnc3c2ncn3C2CCCCO2)cc1. The van der Waals surface area contributed by atoms with Crippen LogP contribution in [0.25, 0.3) is 22.4 Å². The van der Waals surface area contributed by atoms with E-state index in [2.05, 4.69) is 19.3 Å². The molecule has 3 heterocycles. The Hall–Kier alpha value is -2.29. The summed E-state index contributed by atoms with van der Waals surface area (Å²) >= 11 is -1.27. The standard InChI is InChI=1S/C21H25N5O2S/c1-21(2,3)29(27)25-12-15-7-9-16(10-8-15)18-19-20(23-13-22-18)26(14-24-19)17-6-4-5-11-28-17/h7-10,12-14,17H,4-6,11H2,1-3H3.